The summed E-state index contributed by atoms with van der Waals surface area (Å²) in [4.78, 5) is 12.4. The lowest BCUT2D eigenvalue weighted by Crippen LogP contribution is -2.00. The van der Waals surface area contributed by atoms with E-state index in [9.17, 15) is 4.79 Å². The number of benzene rings is 3. The van der Waals surface area contributed by atoms with E-state index in [1.807, 2.05) is 55.5 Å². The summed E-state index contributed by atoms with van der Waals surface area (Å²) in [5, 5.41) is 0.706. The van der Waals surface area contributed by atoms with Crippen molar-refractivity contribution < 1.29 is 14.3 Å². The molecular weight excluding hydrogens is 452 g/mol. The minimum atomic E-state index is -0.0587. The van der Waals surface area contributed by atoms with Crippen molar-refractivity contribution in [2.45, 2.75) is 13.5 Å². The molecule has 0 amide bonds. The highest BCUT2D eigenvalue weighted by Crippen LogP contribution is 2.25. The molecule has 0 aliphatic carbocycles. The van der Waals surface area contributed by atoms with Gasteiger partial charge in [-0.3, -0.25) is 4.79 Å². The molecular formula is C24H20BrClO3. The van der Waals surface area contributed by atoms with Crippen molar-refractivity contribution in [3.05, 3.63) is 98.5 Å². The van der Waals surface area contributed by atoms with Crippen molar-refractivity contribution in [2.24, 2.45) is 0 Å². The Morgan fingerprint density at radius 2 is 1.93 bits per heavy atom. The van der Waals surface area contributed by atoms with Gasteiger partial charge in [0.2, 0.25) is 0 Å². The van der Waals surface area contributed by atoms with Crippen molar-refractivity contribution in [3.8, 4) is 11.5 Å². The normalized spacial score (nSPS) is 10.9. The average molecular weight is 472 g/mol. The number of carbonyl (C=O) groups is 1. The Morgan fingerprint density at radius 1 is 1.10 bits per heavy atom. The first kappa shape index (κ1) is 21.2. The second kappa shape index (κ2) is 9.77. The minimum absolute atomic E-state index is 0.0587. The van der Waals surface area contributed by atoms with Crippen LogP contribution in [0, 0.1) is 6.92 Å². The summed E-state index contributed by atoms with van der Waals surface area (Å²) in [7, 11) is 1.62. The molecule has 0 bridgehead atoms. The summed E-state index contributed by atoms with van der Waals surface area (Å²) in [6.07, 6.45) is 3.36. The summed E-state index contributed by atoms with van der Waals surface area (Å²) in [6, 6.07) is 18.6. The van der Waals surface area contributed by atoms with Crippen molar-refractivity contribution >= 4 is 39.4 Å². The molecule has 5 heteroatoms. The van der Waals surface area contributed by atoms with Crippen LogP contribution < -0.4 is 9.47 Å². The molecule has 0 spiro atoms. The lowest BCUT2D eigenvalue weighted by molar-refractivity contribution is 0.104. The van der Waals surface area contributed by atoms with Crippen LogP contribution in [0.5, 0.6) is 11.5 Å². The van der Waals surface area contributed by atoms with Gasteiger partial charge in [0.15, 0.2) is 5.78 Å². The number of methoxy groups -OCH3 is 1. The van der Waals surface area contributed by atoms with E-state index in [1.54, 1.807) is 31.4 Å². The molecule has 0 unspecified atom stereocenters. The fourth-order valence-electron chi connectivity index (χ4n) is 2.79. The molecule has 0 aromatic heterocycles. The van der Waals surface area contributed by atoms with Gasteiger partial charge in [-0.15, -0.1) is 0 Å². The first-order valence-corrected chi connectivity index (χ1v) is 10.2. The van der Waals surface area contributed by atoms with Gasteiger partial charge in [0.05, 0.1) is 7.11 Å². The molecule has 3 nitrogen and oxygen atoms in total. The molecule has 0 saturated heterocycles. The lowest BCUT2D eigenvalue weighted by Gasteiger charge is -2.12. The molecule has 3 aromatic rings. The van der Waals surface area contributed by atoms with E-state index in [4.69, 9.17) is 21.1 Å². The van der Waals surface area contributed by atoms with E-state index in [1.165, 1.54) is 0 Å². The van der Waals surface area contributed by atoms with Crippen molar-refractivity contribution in [2.75, 3.05) is 7.11 Å². The van der Waals surface area contributed by atoms with E-state index in [2.05, 4.69) is 15.9 Å². The number of ether oxygens (including phenoxy) is 2. The standard InChI is InChI=1S/C24H20BrClO3/c1-16-12-21(8-9-22(16)26)29-15-19-13-17(7-11-24(19)28-2)6-10-23(27)18-4-3-5-20(25)14-18/h3-14H,15H2,1-2H3/b10-6+. The van der Waals surface area contributed by atoms with Crippen molar-refractivity contribution in [1.29, 1.82) is 0 Å². The molecule has 0 N–H and O–H groups in total. The molecule has 0 atom stereocenters. The van der Waals surface area contributed by atoms with Gasteiger partial charge in [-0.05, 0) is 66.6 Å². The number of hydrogen-bond acceptors (Lipinski definition) is 3. The Labute approximate surface area is 184 Å². The van der Waals surface area contributed by atoms with Crippen LogP contribution in [-0.2, 0) is 6.61 Å². The molecule has 29 heavy (non-hydrogen) atoms. The minimum Gasteiger partial charge on any atom is -0.496 e. The smallest absolute Gasteiger partial charge is 0.185 e. The summed E-state index contributed by atoms with van der Waals surface area (Å²) >= 11 is 9.45. The highest BCUT2D eigenvalue weighted by Gasteiger charge is 2.07. The third-order valence-electron chi connectivity index (χ3n) is 4.36. The zero-order valence-electron chi connectivity index (χ0n) is 16.1. The molecule has 3 rings (SSSR count). The summed E-state index contributed by atoms with van der Waals surface area (Å²) in [6.45, 7) is 2.27. The fourth-order valence-corrected chi connectivity index (χ4v) is 3.31. The van der Waals surface area contributed by atoms with E-state index < -0.39 is 0 Å². The predicted octanol–water partition coefficient (Wildman–Crippen LogP) is 6.89. The van der Waals surface area contributed by atoms with Gasteiger partial charge in [-0.25, -0.2) is 0 Å². The van der Waals surface area contributed by atoms with Crippen LogP contribution in [-0.4, -0.2) is 12.9 Å². The van der Waals surface area contributed by atoms with E-state index in [0.717, 1.165) is 32.7 Å². The lowest BCUT2D eigenvalue weighted by atomic mass is 10.1. The number of rotatable bonds is 7. The monoisotopic (exact) mass is 470 g/mol. The molecule has 0 heterocycles. The Kier molecular flexibility index (Phi) is 7.13. The zero-order chi connectivity index (χ0) is 20.8. The first-order chi connectivity index (χ1) is 14.0. The van der Waals surface area contributed by atoms with Gasteiger partial charge < -0.3 is 9.47 Å². The van der Waals surface area contributed by atoms with Crippen molar-refractivity contribution in [3.63, 3.8) is 0 Å². The van der Waals surface area contributed by atoms with Crippen LogP contribution in [0.2, 0.25) is 5.02 Å². The molecule has 0 aliphatic rings. The summed E-state index contributed by atoms with van der Waals surface area (Å²) < 4.78 is 12.2. The summed E-state index contributed by atoms with van der Waals surface area (Å²) in [5.74, 6) is 1.41. The number of allylic oxidation sites excluding steroid dienone is 1. The largest absolute Gasteiger partial charge is 0.496 e. The van der Waals surface area contributed by atoms with E-state index in [-0.39, 0.29) is 5.78 Å². The third kappa shape index (κ3) is 5.72. The van der Waals surface area contributed by atoms with Crippen LogP contribution in [0.25, 0.3) is 6.08 Å². The molecule has 0 radical (unpaired) electrons. The highest BCUT2D eigenvalue weighted by atomic mass is 79.9. The topological polar surface area (TPSA) is 35.5 Å². The molecule has 0 saturated carbocycles. The number of hydrogen-bond donors (Lipinski definition) is 0. The molecule has 0 aliphatic heterocycles. The Morgan fingerprint density at radius 3 is 2.66 bits per heavy atom. The summed E-state index contributed by atoms with van der Waals surface area (Å²) in [5.41, 5.74) is 3.36. The maximum absolute atomic E-state index is 12.4. The second-order valence-electron chi connectivity index (χ2n) is 6.48. The Bertz CT molecular complexity index is 1060. The Hall–Kier alpha value is -2.56. The highest BCUT2D eigenvalue weighted by molar-refractivity contribution is 9.10. The number of aryl methyl sites for hydroxylation is 1. The number of halogens is 2. The van der Waals surface area contributed by atoms with Crippen LogP contribution in [0.4, 0.5) is 0 Å². The Balaban J connectivity index is 1.75. The van der Waals surface area contributed by atoms with Gasteiger partial charge in [0, 0.05) is 20.6 Å². The predicted molar refractivity (Wildman–Crippen MR) is 121 cm³/mol. The van der Waals surface area contributed by atoms with Gasteiger partial charge in [0.1, 0.15) is 18.1 Å². The fraction of sp³-hybridized carbons (Fsp3) is 0.125. The SMILES string of the molecule is COc1ccc(/C=C/C(=O)c2cccc(Br)c2)cc1COc1ccc(Cl)c(C)c1. The van der Waals surface area contributed by atoms with Crippen LogP contribution in [0.3, 0.4) is 0 Å². The first-order valence-electron chi connectivity index (χ1n) is 9.00. The van der Waals surface area contributed by atoms with Crippen LogP contribution in [0.15, 0.2) is 71.2 Å². The van der Waals surface area contributed by atoms with E-state index >= 15 is 0 Å². The van der Waals surface area contributed by atoms with Crippen LogP contribution in [0.1, 0.15) is 27.0 Å². The van der Waals surface area contributed by atoms with Crippen molar-refractivity contribution in [1.82, 2.24) is 0 Å². The maximum atomic E-state index is 12.4. The third-order valence-corrected chi connectivity index (χ3v) is 5.28. The quantitative estimate of drug-likeness (QED) is 0.278. The average Bonchev–Trinajstić information content (AvgIpc) is 2.73. The number of ketones is 1. The zero-order valence-corrected chi connectivity index (χ0v) is 18.5. The van der Waals surface area contributed by atoms with Crippen LogP contribution >= 0.6 is 27.5 Å². The second-order valence-corrected chi connectivity index (χ2v) is 7.80. The number of carbonyl (C=O) groups excluding carboxylic acids is 1. The molecule has 3 aromatic carbocycles. The van der Waals surface area contributed by atoms with Gasteiger partial charge >= 0.3 is 0 Å². The van der Waals surface area contributed by atoms with Gasteiger partial charge in [-0.2, -0.15) is 0 Å². The molecule has 148 valence electrons. The molecule has 0 fully saturated rings. The van der Waals surface area contributed by atoms with E-state index in [0.29, 0.717) is 17.2 Å². The van der Waals surface area contributed by atoms with Gasteiger partial charge in [-0.1, -0.05) is 51.8 Å². The maximum Gasteiger partial charge on any atom is 0.185 e. The van der Waals surface area contributed by atoms with Gasteiger partial charge in [0.25, 0.3) is 0 Å².